The molecule has 4 heteroatoms. The molecule has 0 bridgehead atoms. The summed E-state index contributed by atoms with van der Waals surface area (Å²) in [7, 11) is 0. The van der Waals surface area contributed by atoms with Gasteiger partial charge in [0, 0.05) is 17.8 Å². The summed E-state index contributed by atoms with van der Waals surface area (Å²) in [6, 6.07) is 13.3. The van der Waals surface area contributed by atoms with Gasteiger partial charge in [-0.05, 0) is 31.2 Å². The molecule has 0 saturated carbocycles. The van der Waals surface area contributed by atoms with Gasteiger partial charge >= 0.3 is 0 Å². The fourth-order valence-corrected chi connectivity index (χ4v) is 2.10. The molecule has 0 saturated heterocycles. The number of aromatic amines is 1. The van der Waals surface area contributed by atoms with Gasteiger partial charge in [-0.2, -0.15) is 0 Å². The van der Waals surface area contributed by atoms with E-state index in [-0.39, 0.29) is 0 Å². The number of nitrogens with zero attached hydrogens (tertiary/aromatic N) is 1. The van der Waals surface area contributed by atoms with E-state index in [4.69, 9.17) is 0 Å². The molecule has 0 spiro atoms. The topological polar surface area (TPSA) is 60.9 Å². The average Bonchev–Trinajstić information content (AvgIpc) is 2.77. The molecule has 3 N–H and O–H groups in total. The number of rotatable bonds is 3. The van der Waals surface area contributed by atoms with Crippen molar-refractivity contribution in [2.75, 3.05) is 5.32 Å². The molecule has 0 atom stereocenters. The van der Waals surface area contributed by atoms with Crippen LogP contribution in [0.2, 0.25) is 0 Å². The molecule has 0 aliphatic heterocycles. The Hall–Kier alpha value is -2.49. The lowest BCUT2D eigenvalue weighted by molar-refractivity contribution is 0.469. The van der Waals surface area contributed by atoms with E-state index in [2.05, 4.69) is 15.3 Å². The fraction of sp³-hybridized carbons (Fsp3) is 0.133. The van der Waals surface area contributed by atoms with Crippen LogP contribution in [0.1, 0.15) is 11.4 Å². The van der Waals surface area contributed by atoms with E-state index in [0.717, 1.165) is 28.1 Å². The van der Waals surface area contributed by atoms with Gasteiger partial charge in [0.15, 0.2) is 0 Å². The predicted molar refractivity (Wildman–Crippen MR) is 76.3 cm³/mol. The lowest BCUT2D eigenvalue weighted by Gasteiger charge is -2.07. The van der Waals surface area contributed by atoms with Gasteiger partial charge in [0.1, 0.15) is 11.6 Å². The van der Waals surface area contributed by atoms with Crippen LogP contribution >= 0.6 is 0 Å². The van der Waals surface area contributed by atoms with Crippen LogP contribution in [0.3, 0.4) is 0 Å². The number of aromatic hydroxyl groups is 1. The number of para-hydroxylation sites is 1. The first kappa shape index (κ1) is 11.6. The average molecular weight is 253 g/mol. The minimum Gasteiger partial charge on any atom is -0.508 e. The maximum atomic E-state index is 9.71. The molecular weight excluding hydrogens is 238 g/mol. The molecule has 0 amide bonds. The number of fused-ring (bicyclic) bond motifs is 1. The minimum absolute atomic E-state index is 0.313. The van der Waals surface area contributed by atoms with Crippen LogP contribution < -0.4 is 5.32 Å². The summed E-state index contributed by atoms with van der Waals surface area (Å²) in [5.74, 6) is 1.22. The summed E-state index contributed by atoms with van der Waals surface area (Å²) in [4.78, 5) is 7.57. The number of phenolic OH excluding ortho intramolecular Hbond substituents is 1. The lowest BCUT2D eigenvalue weighted by atomic mass is 10.2. The van der Waals surface area contributed by atoms with Crippen LogP contribution in [0.4, 0.5) is 5.69 Å². The zero-order chi connectivity index (χ0) is 13.2. The van der Waals surface area contributed by atoms with Crippen molar-refractivity contribution in [3.8, 4) is 5.75 Å². The molecule has 3 rings (SSSR count). The summed E-state index contributed by atoms with van der Waals surface area (Å²) in [5.41, 5.74) is 3.85. The van der Waals surface area contributed by atoms with Crippen molar-refractivity contribution in [3.63, 3.8) is 0 Å². The summed E-state index contributed by atoms with van der Waals surface area (Å²) >= 11 is 0. The van der Waals surface area contributed by atoms with E-state index in [1.807, 2.05) is 43.3 Å². The van der Waals surface area contributed by atoms with Gasteiger partial charge in [0.25, 0.3) is 0 Å². The fourth-order valence-electron chi connectivity index (χ4n) is 2.10. The molecule has 3 aromatic rings. The summed E-state index contributed by atoms with van der Waals surface area (Å²) in [5, 5.41) is 13.0. The van der Waals surface area contributed by atoms with Crippen LogP contribution in [0, 0.1) is 6.92 Å². The predicted octanol–water partition coefficient (Wildman–Crippen LogP) is 3.19. The zero-order valence-corrected chi connectivity index (χ0v) is 10.6. The number of benzene rings is 2. The van der Waals surface area contributed by atoms with E-state index < -0.39 is 0 Å². The molecule has 19 heavy (non-hydrogen) atoms. The van der Waals surface area contributed by atoms with Gasteiger partial charge in [-0.1, -0.05) is 18.2 Å². The number of nitrogens with one attached hydrogen (secondary N) is 2. The molecule has 0 aliphatic carbocycles. The van der Waals surface area contributed by atoms with Crippen molar-refractivity contribution in [2.24, 2.45) is 0 Å². The number of hydrogen-bond acceptors (Lipinski definition) is 3. The van der Waals surface area contributed by atoms with Gasteiger partial charge in [-0.25, -0.2) is 4.98 Å². The summed E-state index contributed by atoms with van der Waals surface area (Å²) in [6.45, 7) is 2.53. The second-order valence-electron chi connectivity index (χ2n) is 4.54. The molecule has 2 aromatic carbocycles. The smallest absolute Gasteiger partial charge is 0.120 e. The number of aryl methyl sites for hydroxylation is 1. The maximum Gasteiger partial charge on any atom is 0.120 e. The Bertz CT molecular complexity index is 718. The number of H-pyrrole nitrogens is 1. The first-order valence-electron chi connectivity index (χ1n) is 6.19. The van der Waals surface area contributed by atoms with Crippen molar-refractivity contribution >= 4 is 16.7 Å². The Labute approximate surface area is 111 Å². The first-order valence-corrected chi connectivity index (χ1v) is 6.19. The lowest BCUT2D eigenvalue weighted by Crippen LogP contribution is -1.99. The largest absolute Gasteiger partial charge is 0.508 e. The number of phenols is 1. The Morgan fingerprint density at radius 1 is 1.21 bits per heavy atom. The highest BCUT2D eigenvalue weighted by Crippen LogP contribution is 2.20. The quantitative estimate of drug-likeness (QED) is 0.671. The van der Waals surface area contributed by atoms with Crippen LogP contribution in [0.15, 0.2) is 42.5 Å². The van der Waals surface area contributed by atoms with Gasteiger partial charge in [-0.3, -0.25) is 0 Å². The van der Waals surface area contributed by atoms with Crippen molar-refractivity contribution in [3.05, 3.63) is 53.9 Å². The van der Waals surface area contributed by atoms with Gasteiger partial charge in [0.05, 0.1) is 11.0 Å². The number of imidazole rings is 1. The van der Waals surface area contributed by atoms with Crippen molar-refractivity contribution in [1.82, 2.24) is 9.97 Å². The second kappa shape index (κ2) is 4.65. The van der Waals surface area contributed by atoms with Crippen LogP contribution in [-0.2, 0) is 6.54 Å². The monoisotopic (exact) mass is 253 g/mol. The van der Waals surface area contributed by atoms with Crippen LogP contribution in [0.25, 0.3) is 11.0 Å². The van der Waals surface area contributed by atoms with Crippen molar-refractivity contribution in [1.29, 1.82) is 0 Å². The Balaban J connectivity index is 1.80. The molecule has 1 heterocycles. The molecule has 0 fully saturated rings. The Morgan fingerprint density at radius 2 is 2.05 bits per heavy atom. The number of aromatic nitrogens is 2. The number of anilines is 1. The molecule has 4 nitrogen and oxygen atoms in total. The van der Waals surface area contributed by atoms with E-state index in [1.165, 1.54) is 0 Å². The van der Waals surface area contributed by atoms with E-state index in [9.17, 15) is 5.11 Å². The van der Waals surface area contributed by atoms with Gasteiger partial charge < -0.3 is 15.4 Å². The van der Waals surface area contributed by atoms with Gasteiger partial charge in [0.2, 0.25) is 0 Å². The molecule has 96 valence electrons. The van der Waals surface area contributed by atoms with Crippen molar-refractivity contribution < 1.29 is 5.11 Å². The third-order valence-corrected chi connectivity index (χ3v) is 3.07. The van der Waals surface area contributed by atoms with E-state index in [1.54, 1.807) is 6.07 Å². The first-order chi connectivity index (χ1) is 9.22. The highest BCUT2D eigenvalue weighted by atomic mass is 16.3. The molecule has 0 unspecified atom stereocenters. The van der Waals surface area contributed by atoms with Gasteiger partial charge in [-0.15, -0.1) is 0 Å². The third kappa shape index (κ3) is 2.38. The van der Waals surface area contributed by atoms with Crippen LogP contribution in [-0.4, -0.2) is 15.1 Å². The molecule has 1 aromatic heterocycles. The highest BCUT2D eigenvalue weighted by Gasteiger charge is 2.02. The Morgan fingerprint density at radius 3 is 2.89 bits per heavy atom. The Kier molecular flexibility index (Phi) is 2.83. The van der Waals surface area contributed by atoms with E-state index in [0.29, 0.717) is 12.3 Å². The standard InChI is InChI=1S/C15H15N3O/c1-10-17-13-7-6-12(8-14(13)18-10)16-9-11-4-2-3-5-15(11)19/h2-8,16,19H,9H2,1H3,(H,17,18). The molecule has 0 radical (unpaired) electrons. The van der Waals surface area contributed by atoms with Crippen molar-refractivity contribution in [2.45, 2.75) is 13.5 Å². The molecule has 0 aliphatic rings. The minimum atomic E-state index is 0.313. The summed E-state index contributed by atoms with van der Waals surface area (Å²) in [6.07, 6.45) is 0. The van der Waals surface area contributed by atoms with Crippen LogP contribution in [0.5, 0.6) is 5.75 Å². The molecular formula is C15H15N3O. The van der Waals surface area contributed by atoms with E-state index >= 15 is 0 Å². The zero-order valence-electron chi connectivity index (χ0n) is 10.6. The highest BCUT2D eigenvalue weighted by molar-refractivity contribution is 5.79. The SMILES string of the molecule is Cc1nc2ccc(NCc3ccccc3O)cc2[nH]1. The summed E-state index contributed by atoms with van der Waals surface area (Å²) < 4.78 is 0. The normalized spacial score (nSPS) is 10.8. The number of hydrogen-bond donors (Lipinski definition) is 3. The maximum absolute atomic E-state index is 9.71. The second-order valence-corrected chi connectivity index (χ2v) is 4.54. The third-order valence-electron chi connectivity index (χ3n) is 3.07.